The summed E-state index contributed by atoms with van der Waals surface area (Å²) in [5, 5.41) is 2.88. The molecule has 0 aliphatic rings. The van der Waals surface area contributed by atoms with Crippen molar-refractivity contribution >= 4 is 22.9 Å². The second kappa shape index (κ2) is 6.20. The first-order valence-electron chi connectivity index (χ1n) is 7.97. The van der Waals surface area contributed by atoms with Gasteiger partial charge in [-0.3, -0.25) is 14.7 Å². The van der Waals surface area contributed by atoms with Crippen LogP contribution >= 0.6 is 0 Å². The van der Waals surface area contributed by atoms with Crippen molar-refractivity contribution in [3.8, 4) is 5.82 Å². The van der Waals surface area contributed by atoms with Crippen LogP contribution in [0.1, 0.15) is 17.3 Å². The molecule has 0 aliphatic carbocycles. The number of hydrogen-bond acceptors (Lipinski definition) is 4. The number of pyridine rings is 1. The van der Waals surface area contributed by atoms with Gasteiger partial charge in [-0.2, -0.15) is 0 Å². The number of hydrogen-bond donors (Lipinski definition) is 1. The van der Waals surface area contributed by atoms with Crippen LogP contribution in [0.2, 0.25) is 0 Å². The Bertz CT molecular complexity index is 1020. The highest BCUT2D eigenvalue weighted by atomic mass is 16.1. The summed E-state index contributed by atoms with van der Waals surface area (Å²) >= 11 is 0. The fourth-order valence-corrected chi connectivity index (χ4v) is 2.73. The molecule has 0 radical (unpaired) electrons. The third-order valence-corrected chi connectivity index (χ3v) is 3.98. The van der Waals surface area contributed by atoms with E-state index in [0.717, 1.165) is 11.0 Å². The van der Waals surface area contributed by atoms with E-state index in [9.17, 15) is 4.79 Å². The smallest absolute Gasteiger partial charge is 0.259 e. The van der Waals surface area contributed by atoms with E-state index in [0.29, 0.717) is 23.9 Å². The Morgan fingerprint density at radius 2 is 2.08 bits per heavy atom. The van der Waals surface area contributed by atoms with Gasteiger partial charge in [-0.15, -0.1) is 0 Å². The predicted octanol–water partition coefficient (Wildman–Crippen LogP) is 2.89. The minimum Gasteiger partial charge on any atom is -0.310 e. The SMILES string of the molecule is CCn1c(NC(=O)c2ccc(-n3ccnc3)nc2)nc2ccccc21. The molecule has 25 heavy (non-hydrogen) atoms. The van der Waals surface area contributed by atoms with Gasteiger partial charge < -0.3 is 4.57 Å². The molecule has 0 spiro atoms. The van der Waals surface area contributed by atoms with E-state index in [1.165, 1.54) is 0 Å². The molecule has 1 amide bonds. The molecule has 7 nitrogen and oxygen atoms in total. The molecule has 3 aromatic heterocycles. The Morgan fingerprint density at radius 1 is 1.20 bits per heavy atom. The minimum absolute atomic E-state index is 0.241. The number of anilines is 1. The van der Waals surface area contributed by atoms with Gasteiger partial charge in [0.2, 0.25) is 5.95 Å². The molecule has 0 fully saturated rings. The number of para-hydroxylation sites is 2. The molecule has 0 atom stereocenters. The van der Waals surface area contributed by atoms with Crippen LogP contribution in [0.25, 0.3) is 16.9 Å². The Morgan fingerprint density at radius 3 is 2.80 bits per heavy atom. The Labute approximate surface area is 144 Å². The lowest BCUT2D eigenvalue weighted by Gasteiger charge is -2.08. The Hall–Kier alpha value is -3.48. The first-order chi connectivity index (χ1) is 12.3. The summed E-state index contributed by atoms with van der Waals surface area (Å²) in [5.74, 6) is 0.997. The fourth-order valence-electron chi connectivity index (χ4n) is 2.73. The zero-order chi connectivity index (χ0) is 17.2. The lowest BCUT2D eigenvalue weighted by Crippen LogP contribution is -2.16. The maximum Gasteiger partial charge on any atom is 0.259 e. The number of imidazole rings is 2. The number of carbonyl (C=O) groups is 1. The number of carbonyl (C=O) groups excluding carboxylic acids is 1. The molecule has 1 aromatic carbocycles. The van der Waals surface area contributed by atoms with Gasteiger partial charge in [-0.25, -0.2) is 15.0 Å². The van der Waals surface area contributed by atoms with Crippen LogP contribution in [0.4, 0.5) is 5.95 Å². The average Bonchev–Trinajstić information content (AvgIpc) is 3.29. The minimum atomic E-state index is -0.241. The Kier molecular flexibility index (Phi) is 3.74. The number of rotatable bonds is 4. The van der Waals surface area contributed by atoms with Gasteiger partial charge in [-0.05, 0) is 31.2 Å². The van der Waals surface area contributed by atoms with Gasteiger partial charge in [0.1, 0.15) is 12.1 Å². The number of aryl methyl sites for hydroxylation is 1. The van der Waals surface area contributed by atoms with E-state index in [2.05, 4.69) is 20.3 Å². The Balaban J connectivity index is 1.60. The van der Waals surface area contributed by atoms with Gasteiger partial charge in [0.05, 0.1) is 16.6 Å². The number of fused-ring (bicyclic) bond motifs is 1. The second-order valence-electron chi connectivity index (χ2n) is 5.50. The van der Waals surface area contributed by atoms with Crippen LogP contribution in [0.3, 0.4) is 0 Å². The monoisotopic (exact) mass is 332 g/mol. The number of aromatic nitrogens is 5. The highest BCUT2D eigenvalue weighted by molar-refractivity contribution is 6.04. The summed E-state index contributed by atoms with van der Waals surface area (Å²) in [6, 6.07) is 11.3. The topological polar surface area (TPSA) is 77.6 Å². The molecule has 0 bridgehead atoms. The summed E-state index contributed by atoms with van der Waals surface area (Å²) in [6.07, 6.45) is 6.68. The molecule has 4 aromatic rings. The van der Waals surface area contributed by atoms with Crippen molar-refractivity contribution in [2.45, 2.75) is 13.5 Å². The van der Waals surface area contributed by atoms with Gasteiger partial charge >= 0.3 is 0 Å². The first-order valence-corrected chi connectivity index (χ1v) is 7.97. The van der Waals surface area contributed by atoms with Crippen molar-refractivity contribution in [3.05, 3.63) is 66.9 Å². The second-order valence-corrected chi connectivity index (χ2v) is 5.50. The zero-order valence-electron chi connectivity index (χ0n) is 13.6. The van der Waals surface area contributed by atoms with Crippen LogP contribution in [0.15, 0.2) is 61.3 Å². The van der Waals surface area contributed by atoms with Crippen LogP contribution in [0, 0.1) is 0 Å². The van der Waals surface area contributed by atoms with Crippen LogP contribution < -0.4 is 5.32 Å². The normalized spacial score (nSPS) is 10.9. The molecule has 0 unspecified atom stereocenters. The summed E-state index contributed by atoms with van der Waals surface area (Å²) in [5.41, 5.74) is 2.32. The predicted molar refractivity (Wildman–Crippen MR) is 94.7 cm³/mol. The number of amides is 1. The zero-order valence-corrected chi connectivity index (χ0v) is 13.6. The molecule has 1 N–H and O–H groups in total. The molecular formula is C18H16N6O. The van der Waals surface area contributed by atoms with E-state index in [4.69, 9.17) is 0 Å². The van der Waals surface area contributed by atoms with E-state index >= 15 is 0 Å². The van der Waals surface area contributed by atoms with Crippen molar-refractivity contribution in [1.29, 1.82) is 0 Å². The molecule has 0 saturated heterocycles. The van der Waals surface area contributed by atoms with Crippen molar-refractivity contribution < 1.29 is 4.79 Å². The van der Waals surface area contributed by atoms with Crippen molar-refractivity contribution in [1.82, 2.24) is 24.1 Å². The molecule has 7 heteroatoms. The van der Waals surface area contributed by atoms with Gasteiger partial charge in [-0.1, -0.05) is 12.1 Å². The third-order valence-electron chi connectivity index (χ3n) is 3.98. The third kappa shape index (κ3) is 2.76. The van der Waals surface area contributed by atoms with Gasteiger partial charge in [0.25, 0.3) is 5.91 Å². The lowest BCUT2D eigenvalue weighted by molar-refractivity contribution is 0.102. The summed E-state index contributed by atoms with van der Waals surface area (Å²) in [6.45, 7) is 2.74. The number of nitrogens with one attached hydrogen (secondary N) is 1. The fraction of sp³-hybridized carbons (Fsp3) is 0.111. The molecular weight excluding hydrogens is 316 g/mol. The molecule has 0 aliphatic heterocycles. The lowest BCUT2D eigenvalue weighted by atomic mass is 10.2. The molecule has 0 saturated carbocycles. The molecule has 4 rings (SSSR count). The highest BCUT2D eigenvalue weighted by Gasteiger charge is 2.13. The number of benzene rings is 1. The van der Waals surface area contributed by atoms with Crippen molar-refractivity contribution in [3.63, 3.8) is 0 Å². The quantitative estimate of drug-likeness (QED) is 0.623. The average molecular weight is 332 g/mol. The van der Waals surface area contributed by atoms with Gasteiger partial charge in [0, 0.05) is 25.1 Å². The maximum atomic E-state index is 12.5. The van der Waals surface area contributed by atoms with E-state index in [1.54, 1.807) is 41.6 Å². The van der Waals surface area contributed by atoms with Crippen LogP contribution in [0.5, 0.6) is 0 Å². The van der Waals surface area contributed by atoms with Crippen molar-refractivity contribution in [2.24, 2.45) is 0 Å². The van der Waals surface area contributed by atoms with Crippen LogP contribution in [-0.2, 0) is 6.54 Å². The van der Waals surface area contributed by atoms with E-state index in [1.807, 2.05) is 35.8 Å². The standard InChI is InChI=1S/C18H16N6O/c1-2-24-15-6-4-3-5-14(15)21-18(24)22-17(25)13-7-8-16(20-11-13)23-10-9-19-12-23/h3-12H,2H2,1H3,(H,21,22,25). The van der Waals surface area contributed by atoms with Crippen LogP contribution in [-0.4, -0.2) is 30.0 Å². The van der Waals surface area contributed by atoms with E-state index < -0.39 is 0 Å². The summed E-state index contributed by atoms with van der Waals surface area (Å²) < 4.78 is 3.75. The molecule has 3 heterocycles. The van der Waals surface area contributed by atoms with E-state index in [-0.39, 0.29) is 5.91 Å². The van der Waals surface area contributed by atoms with Gasteiger partial charge in [0.15, 0.2) is 0 Å². The molecule has 124 valence electrons. The summed E-state index contributed by atoms with van der Waals surface area (Å²) in [7, 11) is 0. The largest absolute Gasteiger partial charge is 0.310 e. The summed E-state index contributed by atoms with van der Waals surface area (Å²) in [4.78, 5) is 25.3. The van der Waals surface area contributed by atoms with Crippen molar-refractivity contribution in [2.75, 3.05) is 5.32 Å². The first kappa shape index (κ1) is 15.1. The maximum absolute atomic E-state index is 12.5. The highest BCUT2D eigenvalue weighted by Crippen LogP contribution is 2.20. The number of nitrogens with zero attached hydrogens (tertiary/aromatic N) is 5.